The van der Waals surface area contributed by atoms with Gasteiger partial charge < -0.3 is 75.2 Å². The van der Waals surface area contributed by atoms with Gasteiger partial charge in [0.15, 0.2) is 39.5 Å². The predicted octanol–water partition coefficient (Wildman–Crippen LogP) is 19.4. The molecule has 0 saturated carbocycles. The Balaban J connectivity index is 0.000000363. The van der Waals surface area contributed by atoms with E-state index < -0.39 is 0 Å². The number of carbonyl (C=O) groups excluding carboxylic acids is 6. The number of alkyl halides is 1. The van der Waals surface area contributed by atoms with Gasteiger partial charge in [0.25, 0.3) is 6.47 Å². The number of aromatic nitrogens is 4. The number of thiazole rings is 3. The SMILES string of the molecule is CC(=O)c1ccc(O)c(Cl)c1N.CC(C)Nc1nc(OC=O)cs1.COC(C)CBr.COC(C)COc1ccc(C(C)=O)c(CC(=O)c2csc(CC(C)C)n2)c1Cl.COC(C)COc1ccc(C(C)=O)c(N)c1Cl.COC(C)COc1ccc2c(=O)cc(-c3csc(CC(C)C)n3)[nH]c2c1Cl.COc1ccc(C(C)=O)c(N)c1Cl. The Morgan fingerprint density at radius 2 is 0.983 bits per heavy atom. The summed E-state index contributed by atoms with van der Waals surface area (Å²) in [6, 6.07) is 17.9. The number of fused-ring (bicyclic) bond motifs is 1. The summed E-state index contributed by atoms with van der Waals surface area (Å²) in [5.41, 5.74) is 21.8. The van der Waals surface area contributed by atoms with Gasteiger partial charge in [0, 0.05) is 104 Å². The largest absolute Gasteiger partial charge is 0.506 e. The first-order chi connectivity index (χ1) is 54.2. The van der Waals surface area contributed by atoms with Crippen molar-refractivity contribution in [2.75, 3.05) is 83.2 Å². The quantitative estimate of drug-likeness (QED) is 0.0102. The van der Waals surface area contributed by atoms with Crippen molar-refractivity contribution in [3.63, 3.8) is 0 Å². The lowest BCUT2D eigenvalue weighted by Gasteiger charge is -2.16. The molecule has 0 fully saturated rings. The highest BCUT2D eigenvalue weighted by Crippen LogP contribution is 2.38. The minimum Gasteiger partial charge on any atom is -0.506 e. The molecule has 4 heterocycles. The number of aromatic amines is 1. The van der Waals surface area contributed by atoms with Crippen molar-refractivity contribution < 1.29 is 76.5 Å². The lowest BCUT2D eigenvalue weighted by atomic mass is 9.98. The number of anilines is 4. The standard InChI is InChI=1S/C21H26ClNO4S.C20H23ClN2O3S.C12H16ClNO3.C9H10ClNO2.C8H8ClNO2.C7H10N2O2S.C4H9BrO/c1-12(2)8-20-23-17(11-28-20)18(25)9-16-15(14(4)24)6-7-19(21(16)22)27-10-13(3)26-5;1-11(2)7-18-22-15(10-27-18)14-8-16(24)13-5-6-17(19(21)20(13)23-14)26-9-12(3)25-4;1-7(16-3)6-17-10-5-4-9(8(2)15)12(14)11(10)13;1-5(12)6-3-4-7(13-2)8(10)9(6)11;1-4(11)5-2-3-6(12)7(9)8(5)10;1-5(2)8-7-9-6(3-12-7)11-4-10;1-4(3-5)6-2/h6-7,11-13H,8-10H2,1-5H3;5-6,8,10-12H,7,9H2,1-4H3,(H,23,24);4-5,7H,6,14H2,1-3H3;3-4H,11H2,1-2H3;2-3,12H,10H2,1H3;3-5H,1-2H3,(H,8,9);4H,3H2,1-2H3. The van der Waals surface area contributed by atoms with Crippen LogP contribution in [0.15, 0.2) is 87.7 Å². The second kappa shape index (κ2) is 51.2. The second-order valence-electron chi connectivity index (χ2n) is 26.5. The molecule has 4 aromatic heterocycles. The van der Waals surface area contributed by atoms with Gasteiger partial charge in [-0.3, -0.25) is 33.6 Å². The van der Waals surface area contributed by atoms with Crippen LogP contribution in [0.4, 0.5) is 22.2 Å². The molecule has 115 heavy (non-hydrogen) atoms. The number of ether oxygens (including phenoxy) is 9. The van der Waals surface area contributed by atoms with E-state index in [1.54, 1.807) is 105 Å². The van der Waals surface area contributed by atoms with Crippen LogP contribution in [0.1, 0.15) is 164 Å². The van der Waals surface area contributed by atoms with E-state index in [0.29, 0.717) is 134 Å². The number of nitrogens with zero attached hydrogens (tertiary/aromatic N) is 3. The third-order valence-electron chi connectivity index (χ3n) is 15.8. The van der Waals surface area contributed by atoms with E-state index in [4.69, 9.17) is 118 Å². The first kappa shape index (κ1) is 101. The molecular weight excluding hydrogens is 1710 g/mol. The molecule has 4 atom stereocenters. The van der Waals surface area contributed by atoms with Crippen molar-refractivity contribution in [1.29, 1.82) is 0 Å². The number of nitrogens with one attached hydrogen (secondary N) is 2. The van der Waals surface area contributed by atoms with E-state index in [1.165, 1.54) is 69.6 Å². The van der Waals surface area contributed by atoms with Crippen molar-refractivity contribution in [2.45, 2.75) is 147 Å². The van der Waals surface area contributed by atoms with Crippen molar-refractivity contribution in [3.05, 3.63) is 162 Å². The highest BCUT2D eigenvalue weighted by atomic mass is 79.9. The molecule has 9 N–H and O–H groups in total. The zero-order valence-electron chi connectivity index (χ0n) is 67.7. The molecule has 34 heteroatoms. The number of phenols is 1. The van der Waals surface area contributed by atoms with Crippen LogP contribution < -0.4 is 51.6 Å². The number of halogens is 6. The zero-order valence-corrected chi connectivity index (χ0v) is 75.5. The highest BCUT2D eigenvalue weighted by molar-refractivity contribution is 9.09. The van der Waals surface area contributed by atoms with Crippen LogP contribution in [0.5, 0.6) is 34.6 Å². The van der Waals surface area contributed by atoms with Crippen LogP contribution in [-0.4, -0.2) is 152 Å². The minimum absolute atomic E-state index is 0.00434. The molecule has 0 amide bonds. The van der Waals surface area contributed by atoms with Crippen LogP contribution in [0.25, 0.3) is 22.3 Å². The van der Waals surface area contributed by atoms with Gasteiger partial charge in [-0.15, -0.1) is 34.0 Å². The Morgan fingerprint density at radius 1 is 0.548 bits per heavy atom. The maximum Gasteiger partial charge on any atom is 0.299 e. The van der Waals surface area contributed by atoms with Crippen molar-refractivity contribution in [2.24, 2.45) is 11.8 Å². The molecule has 0 aliphatic rings. The number of methoxy groups -OCH3 is 5. The van der Waals surface area contributed by atoms with Crippen molar-refractivity contribution in [1.82, 2.24) is 19.9 Å². The van der Waals surface area contributed by atoms with Gasteiger partial charge in [-0.05, 0) is 147 Å². The number of nitrogens with two attached hydrogens (primary N) is 3. The number of phenolic OH excluding ortho intramolecular Hbond substituents is 1. The lowest BCUT2D eigenvalue weighted by molar-refractivity contribution is -0.120. The molecule has 0 saturated heterocycles. The third kappa shape index (κ3) is 33.1. The first-order valence-corrected chi connectivity index (χ1v) is 41.4. The zero-order chi connectivity index (χ0) is 86.7. The van der Waals surface area contributed by atoms with Crippen LogP contribution in [0.2, 0.25) is 25.1 Å². The summed E-state index contributed by atoms with van der Waals surface area (Å²) < 4.78 is 46.7. The van der Waals surface area contributed by atoms with Crippen molar-refractivity contribution in [3.8, 4) is 46.0 Å². The van der Waals surface area contributed by atoms with Crippen molar-refractivity contribution >= 4 is 176 Å². The Kier molecular flexibility index (Phi) is 45.1. The van der Waals surface area contributed by atoms with Gasteiger partial charge in [-0.2, -0.15) is 4.98 Å². The smallest absolute Gasteiger partial charge is 0.299 e. The van der Waals surface area contributed by atoms with Gasteiger partial charge >= 0.3 is 0 Å². The fourth-order valence-electron chi connectivity index (χ4n) is 9.22. The van der Waals surface area contributed by atoms with E-state index in [1.807, 2.05) is 46.9 Å². The number of pyridine rings is 1. The number of Topliss-reactive ketones (excluding diaryl/α,β-unsaturated/α-hetero) is 5. The van der Waals surface area contributed by atoms with E-state index >= 15 is 0 Å². The Bertz CT molecular complexity index is 4730. The molecule has 0 radical (unpaired) electrons. The van der Waals surface area contributed by atoms with Gasteiger partial charge in [0.1, 0.15) is 74.4 Å². The molecule has 628 valence electrons. The molecule has 0 spiro atoms. The van der Waals surface area contributed by atoms with Crippen LogP contribution in [0.3, 0.4) is 0 Å². The number of benzene rings is 5. The summed E-state index contributed by atoms with van der Waals surface area (Å²) in [6.07, 6.45) is 1.89. The monoisotopic (exact) mass is 1810 g/mol. The molecule has 25 nitrogen and oxygen atoms in total. The van der Waals surface area contributed by atoms with Gasteiger partial charge in [0.05, 0.1) is 85.9 Å². The molecular formula is C81H102BrCl5N8O17S3. The number of aromatic hydroxyl groups is 1. The summed E-state index contributed by atoms with van der Waals surface area (Å²) in [5, 5.41) is 23.0. The van der Waals surface area contributed by atoms with Gasteiger partial charge in [0.2, 0.25) is 5.88 Å². The van der Waals surface area contributed by atoms with E-state index in [0.717, 1.165) is 39.0 Å². The number of carbonyl (C=O) groups is 6. The average molecular weight is 1810 g/mol. The molecule has 5 aromatic carbocycles. The maximum atomic E-state index is 12.8. The van der Waals surface area contributed by atoms with Crippen LogP contribution in [0, 0.1) is 11.8 Å². The normalized spacial score (nSPS) is 11.7. The Hall–Kier alpha value is -8.01. The summed E-state index contributed by atoms with van der Waals surface area (Å²) in [7, 11) is 8.02. The third-order valence-corrected chi connectivity index (χ3v) is 21.2. The Morgan fingerprint density at radius 3 is 1.43 bits per heavy atom. The fraction of sp³-hybridized carbons (Fsp3) is 0.407. The topological polar surface area (TPSA) is 367 Å². The molecule has 9 aromatic rings. The summed E-state index contributed by atoms with van der Waals surface area (Å²) in [4.78, 5) is 96.8. The van der Waals surface area contributed by atoms with Gasteiger partial charge in [-0.25, -0.2) is 9.97 Å². The maximum absolute atomic E-state index is 12.8. The van der Waals surface area contributed by atoms with E-state index in [9.17, 15) is 33.6 Å². The Labute approximate surface area is 716 Å². The lowest BCUT2D eigenvalue weighted by Crippen LogP contribution is -2.17. The predicted molar refractivity (Wildman–Crippen MR) is 469 cm³/mol. The number of nitrogen functional groups attached to an aromatic ring is 3. The molecule has 9 rings (SSSR count). The van der Waals surface area contributed by atoms with E-state index in [-0.39, 0.29) is 102 Å². The number of hydrogen-bond donors (Lipinski definition) is 6. The van der Waals surface area contributed by atoms with E-state index in [2.05, 4.69) is 73.6 Å². The minimum atomic E-state index is -0.172. The van der Waals surface area contributed by atoms with Gasteiger partial charge in [-0.1, -0.05) is 102 Å². The highest BCUT2D eigenvalue weighted by Gasteiger charge is 2.23. The molecule has 4 unspecified atom stereocenters. The molecule has 0 aliphatic carbocycles. The number of rotatable bonds is 31. The number of ketones is 5. The number of hydrogen-bond acceptors (Lipinski definition) is 27. The molecule has 0 aliphatic heterocycles. The average Bonchev–Trinajstić information content (AvgIpc) is 1.68. The summed E-state index contributed by atoms with van der Waals surface area (Å²) >= 11 is 38.2. The van der Waals surface area contributed by atoms with Crippen LogP contribution >= 0.6 is 108 Å². The first-order valence-electron chi connectivity index (χ1n) is 35.7. The molecule has 0 bridgehead atoms. The second-order valence-corrected chi connectivity index (χ2v) is 31.8. The fourth-order valence-corrected chi connectivity index (χ4v) is 13.5. The summed E-state index contributed by atoms with van der Waals surface area (Å²) in [5.74, 6) is 2.38. The van der Waals surface area contributed by atoms with Crippen LogP contribution in [-0.2, 0) is 43.0 Å². The number of H-pyrrole nitrogens is 1. The summed E-state index contributed by atoms with van der Waals surface area (Å²) in [6.45, 7) is 27.4.